The van der Waals surface area contributed by atoms with Gasteiger partial charge in [0, 0.05) is 50.4 Å². The molecule has 0 saturated carbocycles. The first kappa shape index (κ1) is 23.8. The largest absolute Gasteiger partial charge is 0.497 e. The van der Waals surface area contributed by atoms with Crippen LogP contribution in [-0.2, 0) is 19.7 Å². The standard InChI is InChI=1S/C24H33FN4O3/c1-4-26-24(27-15-18-5-7-22(25)20(13-18)17-30)29-11-9-28(10-12-29)16-19-14-21(31-2)6-8-23(19)32-3/h5-8,13-14,30H,4,9-12,15-17H2,1-3H3,(H,26,27). The van der Waals surface area contributed by atoms with Gasteiger partial charge in [0.25, 0.3) is 0 Å². The maximum Gasteiger partial charge on any atom is 0.194 e. The summed E-state index contributed by atoms with van der Waals surface area (Å²) in [5.74, 6) is 2.15. The molecule has 0 bridgehead atoms. The van der Waals surface area contributed by atoms with Gasteiger partial charge in [0.15, 0.2) is 5.96 Å². The molecule has 174 valence electrons. The maximum atomic E-state index is 13.6. The molecule has 1 saturated heterocycles. The quantitative estimate of drug-likeness (QED) is 0.482. The molecule has 1 aliphatic heterocycles. The van der Waals surface area contributed by atoms with E-state index in [0.717, 1.165) is 67.9 Å². The average molecular weight is 445 g/mol. The fourth-order valence-electron chi connectivity index (χ4n) is 3.80. The summed E-state index contributed by atoms with van der Waals surface area (Å²) < 4.78 is 24.5. The van der Waals surface area contributed by atoms with Crippen molar-refractivity contribution >= 4 is 5.96 Å². The van der Waals surface area contributed by atoms with Crippen LogP contribution in [0.4, 0.5) is 4.39 Å². The Hall–Kier alpha value is -2.84. The molecule has 8 heteroatoms. The van der Waals surface area contributed by atoms with Gasteiger partial charge in [0.05, 0.1) is 27.4 Å². The van der Waals surface area contributed by atoms with Gasteiger partial charge in [-0.25, -0.2) is 9.38 Å². The fraction of sp³-hybridized carbons (Fsp3) is 0.458. The highest BCUT2D eigenvalue weighted by atomic mass is 19.1. The highest BCUT2D eigenvalue weighted by molar-refractivity contribution is 5.80. The Morgan fingerprint density at radius 3 is 2.50 bits per heavy atom. The van der Waals surface area contributed by atoms with E-state index in [4.69, 9.17) is 14.5 Å². The predicted molar refractivity (Wildman–Crippen MR) is 124 cm³/mol. The summed E-state index contributed by atoms with van der Waals surface area (Å²) in [4.78, 5) is 9.39. The lowest BCUT2D eigenvalue weighted by Crippen LogP contribution is -2.52. The lowest BCUT2D eigenvalue weighted by molar-refractivity contribution is 0.171. The number of methoxy groups -OCH3 is 2. The van der Waals surface area contributed by atoms with Gasteiger partial charge in [-0.15, -0.1) is 0 Å². The number of hydrogen-bond acceptors (Lipinski definition) is 5. The molecule has 0 radical (unpaired) electrons. The summed E-state index contributed by atoms with van der Waals surface area (Å²) in [6.45, 7) is 7.22. The van der Waals surface area contributed by atoms with Gasteiger partial charge in [-0.3, -0.25) is 4.90 Å². The fourth-order valence-corrected chi connectivity index (χ4v) is 3.80. The van der Waals surface area contributed by atoms with E-state index >= 15 is 0 Å². The maximum absolute atomic E-state index is 13.6. The second-order valence-corrected chi connectivity index (χ2v) is 7.70. The number of aliphatic hydroxyl groups excluding tert-OH is 1. The van der Waals surface area contributed by atoms with Gasteiger partial charge in [-0.05, 0) is 42.8 Å². The van der Waals surface area contributed by atoms with Crippen molar-refractivity contribution in [3.05, 3.63) is 58.9 Å². The van der Waals surface area contributed by atoms with E-state index in [1.54, 1.807) is 26.4 Å². The van der Waals surface area contributed by atoms with Crippen LogP contribution < -0.4 is 14.8 Å². The summed E-state index contributed by atoms with van der Waals surface area (Å²) in [5, 5.41) is 12.6. The molecule has 0 aliphatic carbocycles. The number of aliphatic imine (C=N–C) groups is 1. The average Bonchev–Trinajstić information content (AvgIpc) is 2.83. The van der Waals surface area contributed by atoms with Crippen LogP contribution in [0.5, 0.6) is 11.5 Å². The minimum Gasteiger partial charge on any atom is -0.497 e. The van der Waals surface area contributed by atoms with Gasteiger partial charge in [-0.2, -0.15) is 0 Å². The van der Waals surface area contributed by atoms with Crippen LogP contribution in [0.25, 0.3) is 0 Å². The molecule has 0 amide bonds. The van der Waals surface area contributed by atoms with Crippen molar-refractivity contribution in [3.8, 4) is 11.5 Å². The zero-order valence-electron chi connectivity index (χ0n) is 19.1. The smallest absolute Gasteiger partial charge is 0.194 e. The van der Waals surface area contributed by atoms with Crippen molar-refractivity contribution in [2.24, 2.45) is 4.99 Å². The van der Waals surface area contributed by atoms with Crippen LogP contribution in [0.2, 0.25) is 0 Å². The first-order chi connectivity index (χ1) is 15.6. The van der Waals surface area contributed by atoms with Gasteiger partial charge < -0.3 is 24.8 Å². The molecule has 0 unspecified atom stereocenters. The van der Waals surface area contributed by atoms with Crippen LogP contribution in [0, 0.1) is 5.82 Å². The molecule has 2 N–H and O–H groups in total. The molecule has 0 spiro atoms. The van der Waals surface area contributed by atoms with E-state index in [0.29, 0.717) is 12.1 Å². The molecule has 32 heavy (non-hydrogen) atoms. The van der Waals surface area contributed by atoms with E-state index in [2.05, 4.69) is 15.1 Å². The van der Waals surface area contributed by atoms with E-state index in [1.807, 2.05) is 25.1 Å². The molecule has 1 fully saturated rings. The third-order valence-electron chi connectivity index (χ3n) is 5.58. The van der Waals surface area contributed by atoms with E-state index in [1.165, 1.54) is 6.07 Å². The second kappa shape index (κ2) is 11.7. The number of halogens is 1. The predicted octanol–water partition coefficient (Wildman–Crippen LogP) is 2.62. The number of guanidine groups is 1. The summed E-state index contributed by atoms with van der Waals surface area (Å²) in [5.41, 5.74) is 2.27. The normalized spacial score (nSPS) is 15.0. The Morgan fingerprint density at radius 1 is 1.06 bits per heavy atom. The summed E-state index contributed by atoms with van der Waals surface area (Å²) >= 11 is 0. The van der Waals surface area contributed by atoms with Crippen molar-refractivity contribution in [1.29, 1.82) is 0 Å². The molecule has 3 rings (SSSR count). The number of piperazine rings is 1. The number of aliphatic hydroxyl groups is 1. The first-order valence-corrected chi connectivity index (χ1v) is 10.9. The van der Waals surface area contributed by atoms with Crippen molar-refractivity contribution < 1.29 is 19.0 Å². The first-order valence-electron chi connectivity index (χ1n) is 10.9. The van der Waals surface area contributed by atoms with Crippen LogP contribution >= 0.6 is 0 Å². The summed E-state index contributed by atoms with van der Waals surface area (Å²) in [6.07, 6.45) is 0. The van der Waals surface area contributed by atoms with Crippen molar-refractivity contribution in [1.82, 2.24) is 15.1 Å². The van der Waals surface area contributed by atoms with Crippen LogP contribution in [-0.4, -0.2) is 67.8 Å². The Kier molecular flexibility index (Phi) is 8.70. The van der Waals surface area contributed by atoms with E-state index in [9.17, 15) is 9.50 Å². The Labute approximate surface area is 189 Å². The Balaban J connectivity index is 1.62. The molecule has 0 aromatic heterocycles. The number of ether oxygens (including phenoxy) is 2. The van der Waals surface area contributed by atoms with E-state index in [-0.39, 0.29) is 6.61 Å². The minimum atomic E-state index is -0.393. The molecule has 0 atom stereocenters. The third-order valence-corrected chi connectivity index (χ3v) is 5.58. The third kappa shape index (κ3) is 6.11. The second-order valence-electron chi connectivity index (χ2n) is 7.70. The monoisotopic (exact) mass is 444 g/mol. The lowest BCUT2D eigenvalue weighted by Gasteiger charge is -2.36. The number of nitrogens with one attached hydrogen (secondary N) is 1. The summed E-state index contributed by atoms with van der Waals surface area (Å²) in [7, 11) is 3.36. The zero-order valence-corrected chi connectivity index (χ0v) is 19.1. The highest BCUT2D eigenvalue weighted by Crippen LogP contribution is 2.25. The number of benzene rings is 2. The van der Waals surface area contributed by atoms with Gasteiger partial charge in [0.2, 0.25) is 0 Å². The molecule has 2 aromatic rings. The van der Waals surface area contributed by atoms with Gasteiger partial charge in [-0.1, -0.05) is 6.07 Å². The van der Waals surface area contributed by atoms with Gasteiger partial charge in [0.1, 0.15) is 17.3 Å². The number of rotatable bonds is 8. The zero-order chi connectivity index (χ0) is 22.9. The molecule has 2 aromatic carbocycles. The topological polar surface area (TPSA) is 69.6 Å². The number of nitrogens with zero attached hydrogens (tertiary/aromatic N) is 3. The van der Waals surface area contributed by atoms with Crippen molar-refractivity contribution in [2.45, 2.75) is 26.6 Å². The lowest BCUT2D eigenvalue weighted by atomic mass is 10.1. The molecular formula is C24H33FN4O3. The SMILES string of the molecule is CCNC(=NCc1ccc(F)c(CO)c1)N1CCN(Cc2cc(OC)ccc2OC)CC1. The van der Waals surface area contributed by atoms with Crippen molar-refractivity contribution in [2.75, 3.05) is 46.9 Å². The van der Waals surface area contributed by atoms with E-state index < -0.39 is 5.82 Å². The molecular weight excluding hydrogens is 411 g/mol. The number of hydrogen-bond donors (Lipinski definition) is 2. The van der Waals surface area contributed by atoms with Crippen LogP contribution in [0.1, 0.15) is 23.6 Å². The Morgan fingerprint density at radius 2 is 1.84 bits per heavy atom. The Bertz CT molecular complexity index is 914. The van der Waals surface area contributed by atoms with Crippen molar-refractivity contribution in [3.63, 3.8) is 0 Å². The molecule has 1 heterocycles. The van der Waals surface area contributed by atoms with Crippen LogP contribution in [0.15, 0.2) is 41.4 Å². The van der Waals surface area contributed by atoms with Gasteiger partial charge >= 0.3 is 0 Å². The molecule has 7 nitrogen and oxygen atoms in total. The van der Waals surface area contributed by atoms with Crippen LogP contribution in [0.3, 0.4) is 0 Å². The highest BCUT2D eigenvalue weighted by Gasteiger charge is 2.21. The summed E-state index contributed by atoms with van der Waals surface area (Å²) in [6, 6.07) is 10.6. The minimum absolute atomic E-state index is 0.296. The molecule has 1 aliphatic rings.